The fraction of sp³-hybridized carbons (Fsp3) is 0. The summed E-state index contributed by atoms with van der Waals surface area (Å²) in [4.78, 5) is 15.1. The van der Waals surface area contributed by atoms with Crippen molar-refractivity contribution in [3.05, 3.63) is 47.4 Å². The van der Waals surface area contributed by atoms with Crippen LogP contribution >= 0.6 is 0 Å². The molecule has 0 radical (unpaired) electrons. The van der Waals surface area contributed by atoms with Gasteiger partial charge in [0.05, 0.1) is 23.1 Å². The van der Waals surface area contributed by atoms with E-state index in [1.165, 1.54) is 30.5 Å². The maximum absolute atomic E-state index is 13.4. The third-order valence-electron chi connectivity index (χ3n) is 2.59. The predicted molar refractivity (Wildman–Crippen MR) is 71.6 cm³/mol. The number of carbonyl (C=O) groups excluding carboxylic acids is 1. The number of amides is 1. The fourth-order valence-corrected chi connectivity index (χ4v) is 1.63. The summed E-state index contributed by atoms with van der Waals surface area (Å²) >= 11 is 0. The lowest BCUT2D eigenvalue weighted by Crippen LogP contribution is -2.14. The molecule has 7 heteroatoms. The number of halogens is 1. The number of nitrogen functional groups attached to an aromatic ring is 1. The van der Waals surface area contributed by atoms with E-state index in [4.69, 9.17) is 16.7 Å². The predicted octanol–water partition coefficient (Wildman–Crippen LogP) is 1.52. The highest BCUT2D eigenvalue weighted by molar-refractivity contribution is 5.98. The third-order valence-corrected chi connectivity index (χ3v) is 2.59. The van der Waals surface area contributed by atoms with E-state index in [-0.39, 0.29) is 28.3 Å². The summed E-state index contributed by atoms with van der Waals surface area (Å²) < 4.78 is 13.4. The summed E-state index contributed by atoms with van der Waals surface area (Å²) in [6.07, 6.45) is 1.26. The fourth-order valence-electron chi connectivity index (χ4n) is 1.63. The van der Waals surface area contributed by atoms with Crippen molar-refractivity contribution >= 4 is 23.1 Å². The summed E-state index contributed by atoms with van der Waals surface area (Å²) in [5.41, 5.74) is 11.1. The molecule has 1 aromatic heterocycles. The van der Waals surface area contributed by atoms with Crippen LogP contribution in [0.2, 0.25) is 0 Å². The van der Waals surface area contributed by atoms with Gasteiger partial charge in [0.2, 0.25) is 0 Å². The second kappa shape index (κ2) is 5.24. The van der Waals surface area contributed by atoms with Crippen molar-refractivity contribution < 1.29 is 9.18 Å². The molecule has 1 aromatic carbocycles. The zero-order valence-electron chi connectivity index (χ0n) is 10.2. The summed E-state index contributed by atoms with van der Waals surface area (Å²) in [6, 6.07) is 7.23. The molecule has 0 aliphatic carbocycles. The average molecular weight is 271 g/mol. The first-order valence-corrected chi connectivity index (χ1v) is 5.54. The first-order chi connectivity index (χ1) is 9.52. The number of hydrogen-bond donors (Lipinski definition) is 3. The highest BCUT2D eigenvalue weighted by atomic mass is 19.1. The lowest BCUT2D eigenvalue weighted by molar-refractivity contribution is 0.100. The normalized spacial score (nSPS) is 9.80. The molecule has 0 unspecified atom stereocenters. The van der Waals surface area contributed by atoms with Gasteiger partial charge in [0.25, 0.3) is 5.91 Å². The van der Waals surface area contributed by atoms with E-state index in [0.717, 1.165) is 0 Å². The van der Waals surface area contributed by atoms with Crippen molar-refractivity contribution in [3.8, 4) is 6.07 Å². The minimum absolute atomic E-state index is 0.0948. The third kappa shape index (κ3) is 2.49. The van der Waals surface area contributed by atoms with E-state index in [9.17, 15) is 9.18 Å². The van der Waals surface area contributed by atoms with Gasteiger partial charge in [-0.15, -0.1) is 0 Å². The highest BCUT2D eigenvalue weighted by Gasteiger charge is 2.11. The van der Waals surface area contributed by atoms with Crippen LogP contribution in [0.5, 0.6) is 0 Å². The Morgan fingerprint density at radius 1 is 1.45 bits per heavy atom. The molecule has 0 aliphatic rings. The minimum Gasteiger partial charge on any atom is -0.397 e. The number of carbonyl (C=O) groups is 1. The van der Waals surface area contributed by atoms with Crippen LogP contribution < -0.4 is 16.8 Å². The number of anilines is 3. The second-order valence-electron chi connectivity index (χ2n) is 3.92. The van der Waals surface area contributed by atoms with Gasteiger partial charge in [0.1, 0.15) is 23.3 Å². The first kappa shape index (κ1) is 13.3. The van der Waals surface area contributed by atoms with E-state index in [0.29, 0.717) is 0 Å². The number of aromatic nitrogens is 1. The molecule has 0 atom stereocenters. The molecule has 0 bridgehead atoms. The van der Waals surface area contributed by atoms with E-state index >= 15 is 0 Å². The average Bonchev–Trinajstić information content (AvgIpc) is 2.41. The molecule has 100 valence electrons. The molecule has 0 spiro atoms. The minimum atomic E-state index is -0.701. The van der Waals surface area contributed by atoms with Gasteiger partial charge in [-0.05, 0) is 18.2 Å². The molecule has 0 fully saturated rings. The van der Waals surface area contributed by atoms with Crippen LogP contribution in [0.4, 0.5) is 21.6 Å². The Kier molecular flexibility index (Phi) is 3.48. The van der Waals surface area contributed by atoms with Gasteiger partial charge in [0, 0.05) is 0 Å². The van der Waals surface area contributed by atoms with Crippen molar-refractivity contribution in [3.63, 3.8) is 0 Å². The molecule has 0 aliphatic heterocycles. The summed E-state index contributed by atoms with van der Waals surface area (Å²) in [7, 11) is 0. The van der Waals surface area contributed by atoms with Crippen LogP contribution in [-0.4, -0.2) is 10.9 Å². The van der Waals surface area contributed by atoms with Crippen LogP contribution in [-0.2, 0) is 0 Å². The second-order valence-corrected chi connectivity index (χ2v) is 3.92. The van der Waals surface area contributed by atoms with Gasteiger partial charge < -0.3 is 16.8 Å². The van der Waals surface area contributed by atoms with Crippen LogP contribution in [0.3, 0.4) is 0 Å². The SMILES string of the molecule is N#Cc1c(F)cccc1Nc1cc(C(N)=O)c(N)cn1. The lowest BCUT2D eigenvalue weighted by atomic mass is 10.1. The quantitative estimate of drug-likeness (QED) is 0.782. The number of benzene rings is 1. The molecule has 1 amide bonds. The Morgan fingerprint density at radius 3 is 2.85 bits per heavy atom. The molecule has 0 saturated heterocycles. The number of pyridine rings is 1. The van der Waals surface area contributed by atoms with Crippen LogP contribution in [0.15, 0.2) is 30.5 Å². The Balaban J connectivity index is 2.41. The van der Waals surface area contributed by atoms with Gasteiger partial charge in [-0.1, -0.05) is 6.07 Å². The Hall–Kier alpha value is -3.14. The lowest BCUT2D eigenvalue weighted by Gasteiger charge is -2.09. The maximum atomic E-state index is 13.4. The van der Waals surface area contributed by atoms with Crippen molar-refractivity contribution in [1.82, 2.24) is 4.98 Å². The number of nitrogens with zero attached hydrogens (tertiary/aromatic N) is 2. The number of nitrogens with one attached hydrogen (secondary N) is 1. The van der Waals surface area contributed by atoms with Gasteiger partial charge in [0.15, 0.2) is 0 Å². The van der Waals surface area contributed by atoms with Gasteiger partial charge in [-0.2, -0.15) is 5.26 Å². The van der Waals surface area contributed by atoms with Crippen LogP contribution in [0.1, 0.15) is 15.9 Å². The largest absolute Gasteiger partial charge is 0.397 e. The zero-order chi connectivity index (χ0) is 14.7. The molecule has 0 saturated carbocycles. The van der Waals surface area contributed by atoms with Crippen molar-refractivity contribution in [2.24, 2.45) is 5.73 Å². The highest BCUT2D eigenvalue weighted by Crippen LogP contribution is 2.23. The molecular weight excluding hydrogens is 261 g/mol. The van der Waals surface area contributed by atoms with E-state index in [1.54, 1.807) is 6.07 Å². The number of hydrogen-bond acceptors (Lipinski definition) is 5. The monoisotopic (exact) mass is 271 g/mol. The molecular formula is C13H10FN5O. The van der Waals surface area contributed by atoms with Crippen LogP contribution in [0, 0.1) is 17.1 Å². The maximum Gasteiger partial charge on any atom is 0.250 e. The van der Waals surface area contributed by atoms with E-state index < -0.39 is 11.7 Å². The molecule has 2 rings (SSSR count). The summed E-state index contributed by atoms with van der Waals surface area (Å²) in [5.74, 6) is -1.12. The molecule has 6 nitrogen and oxygen atoms in total. The topological polar surface area (TPSA) is 118 Å². The van der Waals surface area contributed by atoms with Crippen molar-refractivity contribution in [2.45, 2.75) is 0 Å². The molecule has 1 heterocycles. The van der Waals surface area contributed by atoms with Gasteiger partial charge in [-0.25, -0.2) is 9.37 Å². The Morgan fingerprint density at radius 2 is 2.20 bits per heavy atom. The van der Waals surface area contributed by atoms with Gasteiger partial charge >= 0.3 is 0 Å². The zero-order valence-corrected chi connectivity index (χ0v) is 10.2. The molecule has 5 N–H and O–H groups in total. The van der Waals surface area contributed by atoms with E-state index in [2.05, 4.69) is 10.3 Å². The Bertz CT molecular complexity index is 723. The standard InChI is InChI=1S/C13H10FN5O/c14-9-2-1-3-11(8(9)5-15)19-12-4-7(13(17)20)10(16)6-18-12/h1-4,6H,16H2,(H2,17,20)(H,18,19). The van der Waals surface area contributed by atoms with Crippen molar-refractivity contribution in [2.75, 3.05) is 11.1 Å². The van der Waals surface area contributed by atoms with Crippen molar-refractivity contribution in [1.29, 1.82) is 5.26 Å². The van der Waals surface area contributed by atoms with Gasteiger partial charge in [-0.3, -0.25) is 4.79 Å². The van der Waals surface area contributed by atoms with E-state index in [1.807, 2.05) is 0 Å². The number of nitrogens with two attached hydrogens (primary N) is 2. The van der Waals surface area contributed by atoms with Crippen LogP contribution in [0.25, 0.3) is 0 Å². The number of primary amides is 1. The number of nitriles is 1. The molecule has 2 aromatic rings. The summed E-state index contributed by atoms with van der Waals surface area (Å²) in [6.45, 7) is 0. The first-order valence-electron chi connectivity index (χ1n) is 5.54. The number of rotatable bonds is 3. The molecule has 20 heavy (non-hydrogen) atoms. The Labute approximate surface area is 113 Å². The summed E-state index contributed by atoms with van der Waals surface area (Å²) in [5, 5.41) is 11.7. The smallest absolute Gasteiger partial charge is 0.250 e.